The summed E-state index contributed by atoms with van der Waals surface area (Å²) in [4.78, 5) is 2.61. The van der Waals surface area contributed by atoms with E-state index in [-0.39, 0.29) is 24.8 Å². The number of halogens is 2. The van der Waals surface area contributed by atoms with Gasteiger partial charge in [-0.2, -0.15) is 0 Å². The Labute approximate surface area is 145 Å². The van der Waals surface area contributed by atoms with Crippen molar-refractivity contribution in [2.75, 3.05) is 32.8 Å². The SMILES string of the molecule is C=CCC[C@@H](c1ccc2c(c1)CCO2)N1CCNCC1.Cl.Cl. The quantitative estimate of drug-likeness (QED) is 0.828. The van der Waals surface area contributed by atoms with Crippen molar-refractivity contribution in [2.24, 2.45) is 0 Å². The predicted octanol–water partition coefficient (Wildman–Crippen LogP) is 3.38. The number of rotatable bonds is 5. The Balaban J connectivity index is 0.00000121. The molecule has 0 bridgehead atoms. The molecule has 1 N–H and O–H groups in total. The van der Waals surface area contributed by atoms with Crippen LogP contribution in [0.15, 0.2) is 30.9 Å². The smallest absolute Gasteiger partial charge is 0.122 e. The molecule has 1 fully saturated rings. The summed E-state index contributed by atoms with van der Waals surface area (Å²) in [5, 5.41) is 3.44. The second-order valence-electron chi connectivity index (χ2n) is 5.63. The second-order valence-corrected chi connectivity index (χ2v) is 5.63. The second kappa shape index (κ2) is 9.41. The van der Waals surface area contributed by atoms with E-state index in [4.69, 9.17) is 4.74 Å². The lowest BCUT2D eigenvalue weighted by atomic mass is 9.97. The highest BCUT2D eigenvalue weighted by atomic mass is 35.5. The molecule has 0 spiro atoms. The van der Waals surface area contributed by atoms with Crippen molar-refractivity contribution in [3.05, 3.63) is 42.0 Å². The minimum absolute atomic E-state index is 0. The van der Waals surface area contributed by atoms with Gasteiger partial charge < -0.3 is 10.1 Å². The summed E-state index contributed by atoms with van der Waals surface area (Å²) in [6.07, 6.45) is 5.32. The average Bonchev–Trinajstić information content (AvgIpc) is 2.96. The zero-order chi connectivity index (χ0) is 13.8. The molecule has 2 aliphatic heterocycles. The van der Waals surface area contributed by atoms with Crippen LogP contribution < -0.4 is 10.1 Å². The highest BCUT2D eigenvalue weighted by Crippen LogP contribution is 2.32. The van der Waals surface area contributed by atoms with Gasteiger partial charge in [0.15, 0.2) is 0 Å². The first-order valence-corrected chi connectivity index (χ1v) is 7.70. The monoisotopic (exact) mass is 344 g/mol. The first-order valence-electron chi connectivity index (χ1n) is 7.70. The predicted molar refractivity (Wildman–Crippen MR) is 96.8 cm³/mol. The van der Waals surface area contributed by atoms with E-state index in [1.54, 1.807) is 0 Å². The summed E-state index contributed by atoms with van der Waals surface area (Å²) in [7, 11) is 0. The highest BCUT2D eigenvalue weighted by molar-refractivity contribution is 5.85. The number of nitrogens with one attached hydrogen (secondary N) is 1. The summed E-state index contributed by atoms with van der Waals surface area (Å²) in [6.45, 7) is 9.18. The van der Waals surface area contributed by atoms with Crippen LogP contribution in [0.1, 0.15) is 30.0 Å². The third kappa shape index (κ3) is 4.39. The maximum Gasteiger partial charge on any atom is 0.122 e. The van der Waals surface area contributed by atoms with E-state index in [9.17, 15) is 0 Å². The van der Waals surface area contributed by atoms with Crippen LogP contribution in [0.3, 0.4) is 0 Å². The fourth-order valence-corrected chi connectivity index (χ4v) is 3.24. The number of fused-ring (bicyclic) bond motifs is 1. The van der Waals surface area contributed by atoms with Crippen LogP contribution in [0.4, 0.5) is 0 Å². The third-order valence-corrected chi connectivity index (χ3v) is 4.33. The summed E-state index contributed by atoms with van der Waals surface area (Å²) < 4.78 is 5.62. The van der Waals surface area contributed by atoms with Gasteiger partial charge in [-0.25, -0.2) is 0 Å². The molecule has 124 valence electrons. The van der Waals surface area contributed by atoms with Crippen LogP contribution >= 0.6 is 24.8 Å². The van der Waals surface area contributed by atoms with Crippen molar-refractivity contribution in [2.45, 2.75) is 25.3 Å². The van der Waals surface area contributed by atoms with Gasteiger partial charge in [-0.3, -0.25) is 4.90 Å². The Morgan fingerprint density at radius 1 is 1.27 bits per heavy atom. The normalized spacial score (nSPS) is 18.4. The number of nitrogens with zero attached hydrogens (tertiary/aromatic N) is 1. The average molecular weight is 345 g/mol. The lowest BCUT2D eigenvalue weighted by molar-refractivity contribution is 0.166. The maximum absolute atomic E-state index is 5.62. The lowest BCUT2D eigenvalue weighted by Gasteiger charge is -2.35. The number of ether oxygens (including phenoxy) is 1. The molecule has 2 aliphatic rings. The van der Waals surface area contributed by atoms with Gasteiger partial charge in [-0.15, -0.1) is 31.4 Å². The largest absolute Gasteiger partial charge is 0.493 e. The van der Waals surface area contributed by atoms with E-state index < -0.39 is 0 Å². The van der Waals surface area contributed by atoms with Crippen LogP contribution in [0, 0.1) is 0 Å². The van der Waals surface area contributed by atoms with E-state index in [1.807, 2.05) is 6.08 Å². The Hall–Kier alpha value is -0.740. The van der Waals surface area contributed by atoms with Gasteiger partial charge in [-0.1, -0.05) is 18.2 Å². The molecule has 0 saturated carbocycles. The van der Waals surface area contributed by atoms with Crippen LogP contribution in [0.5, 0.6) is 5.75 Å². The van der Waals surface area contributed by atoms with Crippen LogP contribution in [0.25, 0.3) is 0 Å². The Morgan fingerprint density at radius 3 is 2.77 bits per heavy atom. The fraction of sp³-hybridized carbons (Fsp3) is 0.529. The lowest BCUT2D eigenvalue weighted by Crippen LogP contribution is -2.45. The summed E-state index contributed by atoms with van der Waals surface area (Å²) in [5.74, 6) is 1.08. The van der Waals surface area contributed by atoms with Gasteiger partial charge in [0.2, 0.25) is 0 Å². The zero-order valence-corrected chi connectivity index (χ0v) is 14.6. The maximum atomic E-state index is 5.62. The van der Waals surface area contributed by atoms with E-state index in [0.29, 0.717) is 6.04 Å². The molecular weight excluding hydrogens is 319 g/mol. The molecule has 1 saturated heterocycles. The van der Waals surface area contributed by atoms with Crippen molar-refractivity contribution >= 4 is 24.8 Å². The Bertz CT molecular complexity index is 476. The fourth-order valence-electron chi connectivity index (χ4n) is 3.24. The third-order valence-electron chi connectivity index (χ3n) is 4.33. The first-order chi connectivity index (χ1) is 9.88. The van der Waals surface area contributed by atoms with Gasteiger partial charge in [-0.05, 0) is 30.0 Å². The van der Waals surface area contributed by atoms with Gasteiger partial charge >= 0.3 is 0 Å². The van der Waals surface area contributed by atoms with Crippen LogP contribution in [-0.4, -0.2) is 37.7 Å². The molecule has 1 atom stereocenters. The topological polar surface area (TPSA) is 24.5 Å². The van der Waals surface area contributed by atoms with E-state index >= 15 is 0 Å². The van der Waals surface area contributed by atoms with Gasteiger partial charge in [0, 0.05) is 38.6 Å². The van der Waals surface area contributed by atoms with Crippen molar-refractivity contribution in [1.29, 1.82) is 0 Å². The number of hydrogen-bond acceptors (Lipinski definition) is 3. The molecule has 3 nitrogen and oxygen atoms in total. The molecule has 2 heterocycles. The van der Waals surface area contributed by atoms with E-state index in [0.717, 1.165) is 57.8 Å². The molecular formula is C17H26Cl2N2O. The summed E-state index contributed by atoms with van der Waals surface area (Å²) in [5.41, 5.74) is 2.82. The van der Waals surface area contributed by atoms with Gasteiger partial charge in [0.1, 0.15) is 5.75 Å². The first kappa shape index (κ1) is 19.3. The number of hydrogen-bond donors (Lipinski definition) is 1. The van der Waals surface area contributed by atoms with Crippen molar-refractivity contribution < 1.29 is 4.74 Å². The van der Waals surface area contributed by atoms with Crippen LogP contribution in [0.2, 0.25) is 0 Å². The molecule has 1 aromatic rings. The van der Waals surface area contributed by atoms with Gasteiger partial charge in [0.05, 0.1) is 6.61 Å². The van der Waals surface area contributed by atoms with E-state index in [1.165, 1.54) is 11.1 Å². The summed E-state index contributed by atoms with van der Waals surface area (Å²) in [6, 6.07) is 7.28. The summed E-state index contributed by atoms with van der Waals surface area (Å²) >= 11 is 0. The molecule has 0 amide bonds. The van der Waals surface area contributed by atoms with Crippen molar-refractivity contribution in [3.8, 4) is 5.75 Å². The molecule has 0 unspecified atom stereocenters. The molecule has 1 aromatic carbocycles. The zero-order valence-electron chi connectivity index (χ0n) is 12.9. The van der Waals surface area contributed by atoms with Gasteiger partial charge in [0.25, 0.3) is 0 Å². The Morgan fingerprint density at radius 2 is 2.05 bits per heavy atom. The standard InChI is InChI=1S/C17H24N2O.2ClH/c1-2-3-4-16(19-10-8-18-9-11-19)14-5-6-17-15(13-14)7-12-20-17;;/h2,5-6,13,16,18H,1,3-4,7-12H2;2*1H/t16-;;/m0../s1. The Kier molecular flexibility index (Phi) is 8.26. The molecule has 0 aliphatic carbocycles. The van der Waals surface area contributed by atoms with Crippen LogP contribution in [-0.2, 0) is 6.42 Å². The number of benzene rings is 1. The number of piperazine rings is 1. The van der Waals surface area contributed by atoms with E-state index in [2.05, 4.69) is 35.0 Å². The molecule has 0 radical (unpaired) electrons. The highest BCUT2D eigenvalue weighted by Gasteiger charge is 2.23. The minimum Gasteiger partial charge on any atom is -0.493 e. The van der Waals surface area contributed by atoms with Crippen molar-refractivity contribution in [3.63, 3.8) is 0 Å². The number of allylic oxidation sites excluding steroid dienone is 1. The minimum atomic E-state index is 0. The molecule has 3 rings (SSSR count). The molecule has 0 aromatic heterocycles. The molecule has 22 heavy (non-hydrogen) atoms. The molecule has 5 heteroatoms. The van der Waals surface area contributed by atoms with Crippen molar-refractivity contribution in [1.82, 2.24) is 10.2 Å².